The highest BCUT2D eigenvalue weighted by Gasteiger charge is 2.05. The minimum Gasteiger partial charge on any atom is -0.350 e. The van der Waals surface area contributed by atoms with E-state index < -0.39 is 0 Å². The number of hydrogen-bond acceptors (Lipinski definition) is 4. The number of carbonyl (C=O) groups is 1. The lowest BCUT2D eigenvalue weighted by Gasteiger charge is -1.86. The van der Waals surface area contributed by atoms with Crippen molar-refractivity contribution in [2.45, 2.75) is 6.92 Å². The van der Waals surface area contributed by atoms with E-state index >= 15 is 0 Å². The number of hydrogen-bond donors (Lipinski definition) is 1. The first-order valence-corrected chi connectivity index (χ1v) is 4.52. The second-order valence-corrected chi connectivity index (χ2v) is 3.34. The van der Waals surface area contributed by atoms with Gasteiger partial charge in [0.2, 0.25) is 0 Å². The zero-order valence-electron chi connectivity index (χ0n) is 6.94. The van der Waals surface area contributed by atoms with Crippen LogP contribution in [0.4, 0.5) is 0 Å². The third-order valence-electron chi connectivity index (χ3n) is 1.59. The molecule has 1 N–H and O–H groups in total. The van der Waals surface area contributed by atoms with Gasteiger partial charge in [-0.3, -0.25) is 4.79 Å². The first-order chi connectivity index (χ1) is 6.29. The van der Waals surface area contributed by atoms with Crippen LogP contribution in [-0.4, -0.2) is 20.6 Å². The molecule has 2 heterocycles. The van der Waals surface area contributed by atoms with E-state index in [1.807, 2.05) is 13.0 Å². The fourth-order valence-corrected chi connectivity index (χ4v) is 1.66. The Morgan fingerprint density at radius 2 is 2.38 bits per heavy atom. The van der Waals surface area contributed by atoms with E-state index in [-0.39, 0.29) is 0 Å². The van der Waals surface area contributed by atoms with Crippen molar-refractivity contribution in [1.29, 1.82) is 0 Å². The van der Waals surface area contributed by atoms with Crippen LogP contribution < -0.4 is 0 Å². The highest BCUT2D eigenvalue weighted by Crippen LogP contribution is 2.19. The van der Waals surface area contributed by atoms with E-state index in [2.05, 4.69) is 14.3 Å². The summed E-state index contributed by atoms with van der Waals surface area (Å²) >= 11 is 1.32. The highest BCUT2D eigenvalue weighted by molar-refractivity contribution is 7.09. The second-order valence-electron chi connectivity index (χ2n) is 2.59. The number of H-pyrrole nitrogens is 1. The van der Waals surface area contributed by atoms with Crippen molar-refractivity contribution < 1.29 is 4.79 Å². The minimum atomic E-state index is 0.558. The van der Waals surface area contributed by atoms with Crippen LogP contribution >= 0.6 is 11.5 Å². The Balaban J connectivity index is 2.40. The molecule has 0 aliphatic carbocycles. The summed E-state index contributed by atoms with van der Waals surface area (Å²) in [6.45, 7) is 1.84. The van der Waals surface area contributed by atoms with Gasteiger partial charge in [0.15, 0.2) is 11.3 Å². The van der Waals surface area contributed by atoms with E-state index in [1.54, 1.807) is 6.07 Å². The van der Waals surface area contributed by atoms with Crippen molar-refractivity contribution in [3.63, 3.8) is 0 Å². The van der Waals surface area contributed by atoms with E-state index in [1.165, 1.54) is 11.5 Å². The molecule has 0 saturated heterocycles. The molecule has 4 nitrogen and oxygen atoms in total. The molecule has 0 amide bonds. The van der Waals surface area contributed by atoms with E-state index in [0.717, 1.165) is 22.8 Å². The van der Waals surface area contributed by atoms with E-state index in [0.29, 0.717) is 5.69 Å². The van der Waals surface area contributed by atoms with Crippen molar-refractivity contribution in [2.75, 3.05) is 0 Å². The molecule has 2 aromatic heterocycles. The lowest BCUT2D eigenvalue weighted by molar-refractivity contribution is 0.111. The van der Waals surface area contributed by atoms with Crippen LogP contribution in [0.3, 0.4) is 0 Å². The van der Waals surface area contributed by atoms with Gasteiger partial charge in [0.1, 0.15) is 5.82 Å². The fraction of sp³-hybridized carbons (Fsp3) is 0.125. The molecule has 2 rings (SSSR count). The zero-order chi connectivity index (χ0) is 9.26. The van der Waals surface area contributed by atoms with Crippen LogP contribution in [0.5, 0.6) is 0 Å². The molecule has 13 heavy (non-hydrogen) atoms. The number of aryl methyl sites for hydroxylation is 1. The first-order valence-electron chi connectivity index (χ1n) is 3.74. The van der Waals surface area contributed by atoms with Crippen LogP contribution in [0.1, 0.15) is 16.3 Å². The molecule has 0 aliphatic heterocycles. The van der Waals surface area contributed by atoms with Gasteiger partial charge in [-0.25, -0.2) is 4.98 Å². The Labute approximate surface area is 78.8 Å². The number of rotatable bonds is 2. The maximum atomic E-state index is 10.4. The summed E-state index contributed by atoms with van der Waals surface area (Å²) in [4.78, 5) is 17.5. The number of nitrogens with one attached hydrogen (secondary N) is 1. The van der Waals surface area contributed by atoms with Gasteiger partial charge in [-0.2, -0.15) is 4.37 Å². The molecule has 0 saturated carbocycles. The normalized spacial score (nSPS) is 10.2. The van der Waals surface area contributed by atoms with Crippen LogP contribution in [0.25, 0.3) is 10.7 Å². The predicted octanol–water partition coefficient (Wildman–Crippen LogP) is 1.65. The molecule has 0 fully saturated rings. The van der Waals surface area contributed by atoms with Crippen molar-refractivity contribution in [2.24, 2.45) is 0 Å². The summed E-state index contributed by atoms with van der Waals surface area (Å²) < 4.78 is 4.05. The molecule has 0 spiro atoms. The quantitative estimate of drug-likeness (QED) is 0.738. The largest absolute Gasteiger partial charge is 0.350 e. The Morgan fingerprint density at radius 1 is 1.54 bits per heavy atom. The number of aromatic amines is 1. The summed E-state index contributed by atoms with van der Waals surface area (Å²) in [7, 11) is 0. The molecule has 5 heteroatoms. The molecular formula is C8H7N3OS. The van der Waals surface area contributed by atoms with E-state index in [9.17, 15) is 4.79 Å². The van der Waals surface area contributed by atoms with Crippen LogP contribution in [0.2, 0.25) is 0 Å². The summed E-state index contributed by atoms with van der Waals surface area (Å²) in [6, 6.07) is 3.54. The molecule has 0 radical (unpaired) electrons. The summed E-state index contributed by atoms with van der Waals surface area (Å²) in [5.41, 5.74) is 1.40. The summed E-state index contributed by atoms with van der Waals surface area (Å²) in [6.07, 6.45) is 0.775. The second kappa shape index (κ2) is 3.10. The molecular weight excluding hydrogens is 186 g/mol. The zero-order valence-corrected chi connectivity index (χ0v) is 7.76. The maximum Gasteiger partial charge on any atom is 0.166 e. The average molecular weight is 193 g/mol. The topological polar surface area (TPSA) is 58.6 Å². The van der Waals surface area contributed by atoms with Gasteiger partial charge >= 0.3 is 0 Å². The lowest BCUT2D eigenvalue weighted by atomic mass is 10.4. The molecule has 0 atom stereocenters. The van der Waals surface area contributed by atoms with Crippen molar-refractivity contribution in [1.82, 2.24) is 14.3 Å². The van der Waals surface area contributed by atoms with Gasteiger partial charge in [-0.15, -0.1) is 0 Å². The SMILES string of the molecule is Cc1nsc(-c2ccc(C=O)[nH]2)n1. The van der Waals surface area contributed by atoms with Gasteiger partial charge in [0.05, 0.1) is 11.4 Å². The van der Waals surface area contributed by atoms with Gasteiger partial charge in [-0.05, 0) is 30.6 Å². The Kier molecular flexibility index (Phi) is 1.94. The highest BCUT2D eigenvalue weighted by atomic mass is 32.1. The van der Waals surface area contributed by atoms with Crippen molar-refractivity contribution in [3.8, 4) is 10.7 Å². The molecule has 0 bridgehead atoms. The van der Waals surface area contributed by atoms with Gasteiger partial charge in [0.25, 0.3) is 0 Å². The Morgan fingerprint density at radius 3 is 2.92 bits per heavy atom. The molecule has 66 valence electrons. The Bertz CT molecular complexity index is 432. The summed E-state index contributed by atoms with van der Waals surface area (Å²) in [5.74, 6) is 0.752. The average Bonchev–Trinajstić information content (AvgIpc) is 2.71. The first kappa shape index (κ1) is 8.12. The number of nitrogens with zero attached hydrogens (tertiary/aromatic N) is 2. The van der Waals surface area contributed by atoms with E-state index in [4.69, 9.17) is 0 Å². The van der Waals surface area contributed by atoms with Gasteiger partial charge in [-0.1, -0.05) is 0 Å². The smallest absolute Gasteiger partial charge is 0.166 e. The molecule has 2 aromatic rings. The van der Waals surface area contributed by atoms with Crippen molar-refractivity contribution in [3.05, 3.63) is 23.7 Å². The number of carbonyl (C=O) groups excluding carboxylic acids is 1. The third-order valence-corrected chi connectivity index (χ3v) is 2.43. The van der Waals surface area contributed by atoms with Crippen molar-refractivity contribution >= 4 is 17.8 Å². The Hall–Kier alpha value is -1.49. The van der Waals surface area contributed by atoms with Crippen LogP contribution in [0.15, 0.2) is 12.1 Å². The van der Waals surface area contributed by atoms with Gasteiger partial charge < -0.3 is 4.98 Å². The minimum absolute atomic E-state index is 0.558. The third kappa shape index (κ3) is 1.50. The maximum absolute atomic E-state index is 10.4. The standard InChI is InChI=1S/C8H7N3OS/c1-5-9-8(13-11-5)7-3-2-6(4-12)10-7/h2-4,10H,1H3. The van der Waals surface area contributed by atoms with Crippen LogP contribution in [0, 0.1) is 6.92 Å². The molecule has 0 unspecified atom stereocenters. The van der Waals surface area contributed by atoms with Gasteiger partial charge in [0, 0.05) is 0 Å². The number of aldehydes is 1. The predicted molar refractivity (Wildman–Crippen MR) is 49.8 cm³/mol. The molecule has 0 aromatic carbocycles. The summed E-state index contributed by atoms with van der Waals surface area (Å²) in [5, 5.41) is 0.811. The number of aromatic nitrogens is 3. The fourth-order valence-electron chi connectivity index (χ4n) is 1.01. The monoisotopic (exact) mass is 193 g/mol. The van der Waals surface area contributed by atoms with Crippen LogP contribution in [-0.2, 0) is 0 Å². The molecule has 0 aliphatic rings. The lowest BCUT2D eigenvalue weighted by Crippen LogP contribution is -1.80.